The first-order valence-corrected chi connectivity index (χ1v) is 9.42. The van der Waals surface area contributed by atoms with E-state index >= 15 is 0 Å². The van der Waals surface area contributed by atoms with Crippen molar-refractivity contribution >= 4 is 29.0 Å². The molecular weight excluding hydrogens is 382 g/mol. The van der Waals surface area contributed by atoms with Crippen LogP contribution in [-0.4, -0.2) is 63.4 Å². The van der Waals surface area contributed by atoms with E-state index in [4.69, 9.17) is 32.2 Å². The molecule has 0 spiro atoms. The number of thiocarbonyl (C=S) groups is 1. The fourth-order valence-electron chi connectivity index (χ4n) is 2.32. The minimum Gasteiger partial charge on any atom is -0.497 e. The van der Waals surface area contributed by atoms with Gasteiger partial charge in [-0.25, -0.2) is 0 Å². The molecule has 0 aliphatic carbocycles. The minimum atomic E-state index is -0.518. The summed E-state index contributed by atoms with van der Waals surface area (Å²) in [4.78, 5) is 23.5. The Balaban J connectivity index is 2.63. The maximum atomic E-state index is 12.1. The van der Waals surface area contributed by atoms with Crippen molar-refractivity contribution in [3.05, 3.63) is 29.8 Å². The van der Waals surface area contributed by atoms with Gasteiger partial charge in [-0.3, -0.25) is 9.59 Å². The number of rotatable bonds is 14. The molecule has 0 aliphatic heterocycles. The normalized spacial score (nSPS) is 11.5. The van der Waals surface area contributed by atoms with Gasteiger partial charge in [0.25, 0.3) is 0 Å². The summed E-state index contributed by atoms with van der Waals surface area (Å²) in [5.41, 5.74) is 6.09. The van der Waals surface area contributed by atoms with Gasteiger partial charge in [0, 0.05) is 26.5 Å². The highest BCUT2D eigenvalue weighted by Gasteiger charge is 2.18. The molecule has 2 amide bonds. The number of primary amides is 1. The maximum absolute atomic E-state index is 12.1. The summed E-state index contributed by atoms with van der Waals surface area (Å²) >= 11 is 5.46. The quantitative estimate of drug-likeness (QED) is 0.303. The van der Waals surface area contributed by atoms with E-state index in [0.717, 1.165) is 11.3 Å². The van der Waals surface area contributed by atoms with Gasteiger partial charge in [0.1, 0.15) is 5.75 Å². The van der Waals surface area contributed by atoms with Crippen LogP contribution < -0.4 is 21.1 Å². The van der Waals surface area contributed by atoms with Crippen molar-refractivity contribution in [2.24, 2.45) is 5.73 Å². The number of carbonyl (C=O) groups excluding carboxylic acids is 2. The topological polar surface area (TPSA) is 112 Å². The van der Waals surface area contributed by atoms with Crippen molar-refractivity contribution in [2.75, 3.05) is 40.6 Å². The largest absolute Gasteiger partial charge is 0.497 e. The Kier molecular flexibility index (Phi) is 11.8. The zero-order chi connectivity index (χ0) is 20.8. The summed E-state index contributed by atoms with van der Waals surface area (Å²) < 4.78 is 15.5. The van der Waals surface area contributed by atoms with Crippen molar-refractivity contribution in [2.45, 2.75) is 25.3 Å². The third-order valence-corrected chi connectivity index (χ3v) is 4.26. The molecule has 0 heterocycles. The molecular formula is C19H29N3O5S. The predicted molar refractivity (Wildman–Crippen MR) is 110 cm³/mol. The van der Waals surface area contributed by atoms with Crippen LogP contribution >= 0.6 is 12.2 Å². The van der Waals surface area contributed by atoms with Gasteiger partial charge in [0.2, 0.25) is 11.8 Å². The monoisotopic (exact) mass is 411 g/mol. The van der Waals surface area contributed by atoms with Gasteiger partial charge in [-0.1, -0.05) is 24.4 Å². The van der Waals surface area contributed by atoms with Gasteiger partial charge in [-0.05, 0) is 24.1 Å². The Bertz CT molecular complexity index is 625. The van der Waals surface area contributed by atoms with Crippen molar-refractivity contribution < 1.29 is 23.8 Å². The Morgan fingerprint density at radius 3 is 2.43 bits per heavy atom. The van der Waals surface area contributed by atoms with Crippen LogP contribution in [0.4, 0.5) is 0 Å². The van der Waals surface area contributed by atoms with Crippen molar-refractivity contribution in [3.63, 3.8) is 0 Å². The second-order valence-electron chi connectivity index (χ2n) is 6.03. The minimum absolute atomic E-state index is 0.00534. The number of carbonyl (C=O) groups is 2. The van der Waals surface area contributed by atoms with Crippen molar-refractivity contribution in [3.8, 4) is 5.75 Å². The molecule has 0 aliphatic rings. The Morgan fingerprint density at radius 2 is 1.82 bits per heavy atom. The van der Waals surface area contributed by atoms with Gasteiger partial charge in [-0.2, -0.15) is 0 Å². The molecule has 0 saturated carbocycles. The van der Waals surface area contributed by atoms with E-state index in [1.54, 1.807) is 14.2 Å². The number of hydrogen-bond acceptors (Lipinski definition) is 6. The fraction of sp³-hybridized carbons (Fsp3) is 0.526. The third-order valence-electron chi connectivity index (χ3n) is 3.83. The summed E-state index contributed by atoms with van der Waals surface area (Å²) in [6, 6.07) is 7.11. The van der Waals surface area contributed by atoms with Gasteiger partial charge in [-0.15, -0.1) is 0 Å². The zero-order valence-corrected chi connectivity index (χ0v) is 17.2. The maximum Gasteiger partial charge on any atom is 0.221 e. The fourth-order valence-corrected chi connectivity index (χ4v) is 2.57. The summed E-state index contributed by atoms with van der Waals surface area (Å²) in [5, 5.41) is 5.98. The molecule has 1 atom stereocenters. The molecule has 0 bridgehead atoms. The molecule has 0 saturated heterocycles. The van der Waals surface area contributed by atoms with E-state index < -0.39 is 11.9 Å². The molecule has 0 radical (unpaired) electrons. The lowest BCUT2D eigenvalue weighted by molar-refractivity contribution is -0.125. The first kappa shape index (κ1) is 23.8. The zero-order valence-electron chi connectivity index (χ0n) is 16.4. The second-order valence-corrected chi connectivity index (χ2v) is 6.47. The number of amides is 2. The number of hydrogen-bond donors (Lipinski definition) is 3. The van der Waals surface area contributed by atoms with Gasteiger partial charge in [0.15, 0.2) is 0 Å². The van der Waals surface area contributed by atoms with Crippen LogP contribution in [0.5, 0.6) is 5.75 Å². The van der Waals surface area contributed by atoms with Gasteiger partial charge < -0.3 is 30.6 Å². The SMILES string of the molecule is COCCOCCNC(=S)[C@H](Cc1ccc(OC)cc1)NC(=O)CCC(N)=O. The lowest BCUT2D eigenvalue weighted by atomic mass is 10.0. The van der Waals surface area contributed by atoms with Crippen LogP contribution in [0.2, 0.25) is 0 Å². The highest BCUT2D eigenvalue weighted by atomic mass is 32.1. The Morgan fingerprint density at radius 1 is 1.11 bits per heavy atom. The number of nitrogens with two attached hydrogens (primary N) is 1. The van der Waals surface area contributed by atoms with E-state index in [1.165, 1.54) is 0 Å². The average Bonchev–Trinajstić information content (AvgIpc) is 2.69. The molecule has 0 aromatic heterocycles. The summed E-state index contributed by atoms with van der Waals surface area (Å²) in [5.74, 6) is -0.0479. The van der Waals surface area contributed by atoms with Crippen LogP contribution in [0.15, 0.2) is 24.3 Å². The van der Waals surface area contributed by atoms with E-state index in [1.807, 2.05) is 24.3 Å². The third kappa shape index (κ3) is 10.2. The van der Waals surface area contributed by atoms with Gasteiger partial charge >= 0.3 is 0 Å². The number of nitrogens with one attached hydrogen (secondary N) is 2. The standard InChI is InChI=1S/C19H29N3O5S/c1-25-11-12-27-10-9-21-19(28)16(22-18(24)8-7-17(20)23)13-14-3-5-15(26-2)6-4-14/h3-6,16H,7-13H2,1-2H3,(H2,20,23)(H,21,28)(H,22,24)/t16-/m0/s1. The molecule has 1 aromatic rings. The summed E-state index contributed by atoms with van der Waals surface area (Å²) in [6.07, 6.45) is 0.522. The molecule has 4 N–H and O–H groups in total. The molecule has 9 heteroatoms. The smallest absolute Gasteiger partial charge is 0.221 e. The van der Waals surface area contributed by atoms with Crippen molar-refractivity contribution in [1.29, 1.82) is 0 Å². The van der Waals surface area contributed by atoms with E-state index in [-0.39, 0.29) is 18.7 Å². The molecule has 1 rings (SSSR count). The highest BCUT2D eigenvalue weighted by molar-refractivity contribution is 7.80. The van der Waals surface area contributed by atoms with E-state index in [2.05, 4.69) is 10.6 Å². The molecule has 8 nitrogen and oxygen atoms in total. The average molecular weight is 412 g/mol. The van der Waals surface area contributed by atoms with Crippen LogP contribution in [0.25, 0.3) is 0 Å². The molecule has 0 fully saturated rings. The predicted octanol–water partition coefficient (Wildman–Crippen LogP) is 0.568. The molecule has 0 unspecified atom stereocenters. The highest BCUT2D eigenvalue weighted by Crippen LogP contribution is 2.13. The van der Waals surface area contributed by atoms with Crippen LogP contribution in [0, 0.1) is 0 Å². The number of benzene rings is 1. The van der Waals surface area contributed by atoms with E-state index in [0.29, 0.717) is 37.8 Å². The molecule has 1 aromatic carbocycles. The Hall–Kier alpha value is -2.23. The summed E-state index contributed by atoms with van der Waals surface area (Å²) in [7, 11) is 3.21. The van der Waals surface area contributed by atoms with Crippen LogP contribution in [0.1, 0.15) is 18.4 Å². The Labute approximate surface area is 171 Å². The number of methoxy groups -OCH3 is 2. The lowest BCUT2D eigenvalue weighted by Gasteiger charge is -2.21. The summed E-state index contributed by atoms with van der Waals surface area (Å²) in [6.45, 7) is 2.01. The molecule has 28 heavy (non-hydrogen) atoms. The number of ether oxygens (including phenoxy) is 3. The molecule has 156 valence electrons. The van der Waals surface area contributed by atoms with Crippen LogP contribution in [0.3, 0.4) is 0 Å². The lowest BCUT2D eigenvalue weighted by Crippen LogP contribution is -2.47. The van der Waals surface area contributed by atoms with Crippen molar-refractivity contribution in [1.82, 2.24) is 10.6 Å². The van der Waals surface area contributed by atoms with Crippen LogP contribution in [-0.2, 0) is 25.5 Å². The first-order chi connectivity index (χ1) is 13.5. The van der Waals surface area contributed by atoms with E-state index in [9.17, 15) is 9.59 Å². The van der Waals surface area contributed by atoms with Gasteiger partial charge in [0.05, 0.1) is 38.0 Å². The first-order valence-electron chi connectivity index (χ1n) is 9.01. The second kappa shape index (κ2) is 13.9.